The first-order valence-electron chi connectivity index (χ1n) is 4.07. The van der Waals surface area contributed by atoms with Crippen LogP contribution in [0.5, 0.6) is 0 Å². The standard InChI is InChI=1S/C7H17NO3S/c1-3-7(5-4-6-9)8-12(2,10)11/h7-9H,3-6H2,1-2H3. The van der Waals surface area contributed by atoms with Crippen molar-refractivity contribution in [1.29, 1.82) is 0 Å². The molecule has 1 unspecified atom stereocenters. The highest BCUT2D eigenvalue weighted by Crippen LogP contribution is 2.01. The van der Waals surface area contributed by atoms with E-state index in [0.717, 1.165) is 12.7 Å². The second-order valence-corrected chi connectivity index (χ2v) is 4.64. The molecule has 5 heteroatoms. The summed E-state index contributed by atoms with van der Waals surface area (Å²) >= 11 is 0. The summed E-state index contributed by atoms with van der Waals surface area (Å²) in [4.78, 5) is 0. The van der Waals surface area contributed by atoms with E-state index in [4.69, 9.17) is 5.11 Å². The molecule has 74 valence electrons. The summed E-state index contributed by atoms with van der Waals surface area (Å²) in [5.41, 5.74) is 0. The van der Waals surface area contributed by atoms with Gasteiger partial charge in [-0.15, -0.1) is 0 Å². The van der Waals surface area contributed by atoms with Gasteiger partial charge in [-0.05, 0) is 19.3 Å². The molecule has 0 heterocycles. The lowest BCUT2D eigenvalue weighted by Gasteiger charge is -2.14. The fourth-order valence-electron chi connectivity index (χ4n) is 0.987. The Morgan fingerprint density at radius 1 is 1.50 bits per heavy atom. The van der Waals surface area contributed by atoms with Crippen molar-refractivity contribution >= 4 is 10.0 Å². The normalized spacial score (nSPS) is 14.6. The maximum Gasteiger partial charge on any atom is 0.208 e. The van der Waals surface area contributed by atoms with Gasteiger partial charge in [-0.25, -0.2) is 13.1 Å². The molecule has 0 aliphatic rings. The summed E-state index contributed by atoms with van der Waals surface area (Å²) in [6, 6.07) is -0.0350. The predicted octanol–water partition coefficient (Wildman–Crippen LogP) is 0.0867. The number of aliphatic hydroxyl groups is 1. The number of aliphatic hydroxyl groups excluding tert-OH is 1. The molecule has 0 aliphatic carbocycles. The van der Waals surface area contributed by atoms with E-state index >= 15 is 0 Å². The van der Waals surface area contributed by atoms with Crippen LogP contribution in [0.3, 0.4) is 0 Å². The highest BCUT2D eigenvalue weighted by molar-refractivity contribution is 7.88. The van der Waals surface area contributed by atoms with E-state index in [0.29, 0.717) is 12.8 Å². The fourth-order valence-corrected chi connectivity index (χ4v) is 1.88. The van der Waals surface area contributed by atoms with Crippen LogP contribution in [0.1, 0.15) is 26.2 Å². The average Bonchev–Trinajstić information content (AvgIpc) is 1.95. The molecule has 0 aromatic carbocycles. The SMILES string of the molecule is CCC(CCCO)NS(C)(=O)=O. The molecule has 1 atom stereocenters. The second-order valence-electron chi connectivity index (χ2n) is 2.86. The van der Waals surface area contributed by atoms with Gasteiger partial charge in [0, 0.05) is 12.6 Å². The smallest absolute Gasteiger partial charge is 0.208 e. The molecule has 0 bridgehead atoms. The van der Waals surface area contributed by atoms with Crippen molar-refractivity contribution in [1.82, 2.24) is 4.72 Å². The van der Waals surface area contributed by atoms with Crippen molar-refractivity contribution in [2.24, 2.45) is 0 Å². The van der Waals surface area contributed by atoms with E-state index in [1.165, 1.54) is 0 Å². The molecule has 0 radical (unpaired) electrons. The predicted molar refractivity (Wildman–Crippen MR) is 48.4 cm³/mol. The number of rotatable bonds is 6. The van der Waals surface area contributed by atoms with Crippen LogP contribution in [0, 0.1) is 0 Å². The first-order chi connectivity index (χ1) is 5.49. The van der Waals surface area contributed by atoms with Gasteiger partial charge in [0.2, 0.25) is 10.0 Å². The molecule has 0 aromatic rings. The van der Waals surface area contributed by atoms with E-state index in [-0.39, 0.29) is 12.6 Å². The molecule has 0 rings (SSSR count). The van der Waals surface area contributed by atoms with Crippen LogP contribution in [0.2, 0.25) is 0 Å². The maximum absolute atomic E-state index is 10.8. The molecule has 2 N–H and O–H groups in total. The third kappa shape index (κ3) is 6.57. The monoisotopic (exact) mass is 195 g/mol. The molecule has 0 spiro atoms. The Kier molecular flexibility index (Phi) is 5.44. The van der Waals surface area contributed by atoms with Crippen molar-refractivity contribution in [3.8, 4) is 0 Å². The molecule has 0 amide bonds. The van der Waals surface area contributed by atoms with Crippen LogP contribution < -0.4 is 4.72 Å². The molecule has 0 saturated carbocycles. The quantitative estimate of drug-likeness (QED) is 0.631. The van der Waals surface area contributed by atoms with Gasteiger partial charge in [0.05, 0.1) is 6.26 Å². The van der Waals surface area contributed by atoms with Crippen molar-refractivity contribution in [2.45, 2.75) is 32.2 Å². The lowest BCUT2D eigenvalue weighted by atomic mass is 10.1. The van der Waals surface area contributed by atoms with Crippen LogP contribution >= 0.6 is 0 Å². The lowest BCUT2D eigenvalue weighted by molar-refractivity contribution is 0.277. The van der Waals surface area contributed by atoms with Gasteiger partial charge in [-0.1, -0.05) is 6.92 Å². The first kappa shape index (κ1) is 11.9. The van der Waals surface area contributed by atoms with E-state index in [2.05, 4.69) is 4.72 Å². The molecule has 0 saturated heterocycles. The largest absolute Gasteiger partial charge is 0.396 e. The van der Waals surface area contributed by atoms with Crippen LogP contribution in [0.25, 0.3) is 0 Å². The number of nitrogens with one attached hydrogen (secondary N) is 1. The van der Waals surface area contributed by atoms with Crippen LogP contribution in [0.4, 0.5) is 0 Å². The zero-order valence-electron chi connectivity index (χ0n) is 7.58. The highest BCUT2D eigenvalue weighted by Gasteiger charge is 2.10. The zero-order chi connectivity index (χ0) is 9.61. The van der Waals surface area contributed by atoms with E-state index in [9.17, 15) is 8.42 Å². The Balaban J connectivity index is 3.83. The third-order valence-corrected chi connectivity index (χ3v) is 2.35. The topological polar surface area (TPSA) is 66.4 Å². The minimum absolute atomic E-state index is 0.0350. The van der Waals surface area contributed by atoms with E-state index < -0.39 is 10.0 Å². The van der Waals surface area contributed by atoms with Gasteiger partial charge in [0.25, 0.3) is 0 Å². The lowest BCUT2D eigenvalue weighted by Crippen LogP contribution is -2.33. The van der Waals surface area contributed by atoms with Crippen LogP contribution in [-0.2, 0) is 10.0 Å². The van der Waals surface area contributed by atoms with Crippen molar-refractivity contribution in [3.05, 3.63) is 0 Å². The Labute approximate surface area is 74.0 Å². The Hall–Kier alpha value is -0.130. The van der Waals surface area contributed by atoms with Gasteiger partial charge in [0.15, 0.2) is 0 Å². The number of sulfonamides is 1. The Morgan fingerprint density at radius 2 is 2.08 bits per heavy atom. The minimum atomic E-state index is -3.10. The summed E-state index contributed by atoms with van der Waals surface area (Å²) in [7, 11) is -3.10. The summed E-state index contributed by atoms with van der Waals surface area (Å²) in [6.07, 6.45) is 3.24. The summed E-state index contributed by atoms with van der Waals surface area (Å²) < 4.78 is 24.1. The molecule has 0 aliphatic heterocycles. The number of hydrogen-bond acceptors (Lipinski definition) is 3. The molecule has 4 nitrogen and oxygen atoms in total. The third-order valence-electron chi connectivity index (χ3n) is 1.58. The molecular formula is C7H17NO3S. The molecule has 0 aromatic heterocycles. The minimum Gasteiger partial charge on any atom is -0.396 e. The van der Waals surface area contributed by atoms with Crippen LogP contribution in [0.15, 0.2) is 0 Å². The van der Waals surface area contributed by atoms with Crippen molar-refractivity contribution in [2.75, 3.05) is 12.9 Å². The van der Waals surface area contributed by atoms with Crippen molar-refractivity contribution in [3.63, 3.8) is 0 Å². The Morgan fingerprint density at radius 3 is 2.42 bits per heavy atom. The van der Waals surface area contributed by atoms with Gasteiger partial charge >= 0.3 is 0 Å². The molecular weight excluding hydrogens is 178 g/mol. The maximum atomic E-state index is 10.8. The zero-order valence-corrected chi connectivity index (χ0v) is 8.39. The molecule has 0 fully saturated rings. The van der Waals surface area contributed by atoms with Gasteiger partial charge in [-0.3, -0.25) is 0 Å². The average molecular weight is 195 g/mol. The van der Waals surface area contributed by atoms with Gasteiger partial charge in [0.1, 0.15) is 0 Å². The summed E-state index contributed by atoms with van der Waals surface area (Å²) in [5, 5.41) is 8.53. The van der Waals surface area contributed by atoms with Gasteiger partial charge in [-0.2, -0.15) is 0 Å². The van der Waals surface area contributed by atoms with Crippen molar-refractivity contribution < 1.29 is 13.5 Å². The summed E-state index contributed by atoms with van der Waals surface area (Å²) in [5.74, 6) is 0. The Bertz CT molecular complexity index is 201. The van der Waals surface area contributed by atoms with Crippen LogP contribution in [-0.4, -0.2) is 32.4 Å². The number of hydrogen-bond donors (Lipinski definition) is 2. The molecule has 12 heavy (non-hydrogen) atoms. The van der Waals surface area contributed by atoms with E-state index in [1.54, 1.807) is 0 Å². The fraction of sp³-hybridized carbons (Fsp3) is 1.00. The van der Waals surface area contributed by atoms with E-state index in [1.807, 2.05) is 6.92 Å². The second kappa shape index (κ2) is 5.50. The summed E-state index contributed by atoms with van der Waals surface area (Å²) in [6.45, 7) is 2.03. The highest BCUT2D eigenvalue weighted by atomic mass is 32.2. The van der Waals surface area contributed by atoms with Gasteiger partial charge < -0.3 is 5.11 Å². The first-order valence-corrected chi connectivity index (χ1v) is 5.97.